The molecular formula is C96H122N12O8. The van der Waals surface area contributed by atoms with Gasteiger partial charge in [0.15, 0.2) is 23.3 Å². The Bertz CT molecular complexity index is 4820. The van der Waals surface area contributed by atoms with Crippen molar-refractivity contribution in [3.63, 3.8) is 0 Å². The summed E-state index contributed by atoms with van der Waals surface area (Å²) in [6.07, 6.45) is 43.3. The summed E-state index contributed by atoms with van der Waals surface area (Å²) in [4.78, 5) is 89.4. The van der Waals surface area contributed by atoms with Gasteiger partial charge in [0.1, 0.15) is 23.0 Å². The molecule has 4 amide bonds. The van der Waals surface area contributed by atoms with Crippen molar-refractivity contribution in [2.75, 3.05) is 21.3 Å². The number of phenols is 4. The summed E-state index contributed by atoms with van der Waals surface area (Å²) in [5.74, 6) is 7.06. The van der Waals surface area contributed by atoms with Gasteiger partial charge in [0.05, 0.1) is 68.3 Å². The number of rotatable bonds is 18. The van der Waals surface area contributed by atoms with E-state index in [0.717, 1.165) is 196 Å². The van der Waals surface area contributed by atoms with Crippen molar-refractivity contribution >= 4 is 46.9 Å². The molecule has 20 heteroatoms. The Morgan fingerprint density at radius 1 is 0.353 bits per heavy atom. The zero-order valence-electron chi connectivity index (χ0n) is 69.3. The van der Waals surface area contributed by atoms with Crippen LogP contribution in [0.1, 0.15) is 282 Å². The second kappa shape index (κ2) is 39.0. The molecule has 9 aliphatic carbocycles. The number of nitrogens with zero attached hydrogens (tertiary/aromatic N) is 8. The van der Waals surface area contributed by atoms with E-state index in [1.807, 2.05) is 76.2 Å². The molecule has 4 heterocycles. The lowest BCUT2D eigenvalue weighted by Crippen LogP contribution is -2.24. The van der Waals surface area contributed by atoms with Crippen LogP contribution >= 0.6 is 0 Å². The molecule has 0 aliphatic heterocycles. The van der Waals surface area contributed by atoms with Crippen molar-refractivity contribution in [1.29, 1.82) is 0 Å². The fourth-order valence-corrected chi connectivity index (χ4v) is 19.3. The van der Waals surface area contributed by atoms with Crippen molar-refractivity contribution in [1.82, 2.24) is 39.9 Å². The van der Waals surface area contributed by atoms with Crippen molar-refractivity contribution in [2.24, 2.45) is 41.4 Å². The number of aromatic nitrogens is 8. The van der Waals surface area contributed by atoms with Crippen molar-refractivity contribution in [2.45, 2.75) is 291 Å². The van der Waals surface area contributed by atoms with E-state index in [0.29, 0.717) is 88.9 Å². The zero-order valence-corrected chi connectivity index (χ0v) is 69.3. The van der Waals surface area contributed by atoms with Crippen LogP contribution < -0.4 is 21.3 Å². The molecule has 1 unspecified atom stereocenters. The van der Waals surface area contributed by atoms with Gasteiger partial charge in [0.2, 0.25) is 23.6 Å². The summed E-state index contributed by atoms with van der Waals surface area (Å²) in [7, 11) is 0. The predicted octanol–water partition coefficient (Wildman–Crippen LogP) is 20.1. The van der Waals surface area contributed by atoms with Gasteiger partial charge >= 0.3 is 0 Å². The molecule has 17 rings (SSSR count). The number of anilines is 4. The summed E-state index contributed by atoms with van der Waals surface area (Å²) in [6, 6.07) is 22.0. The second-order valence-corrected chi connectivity index (χ2v) is 35.3. The Kier molecular flexibility index (Phi) is 27.9. The number of aryl methyl sites for hydroxylation is 8. The van der Waals surface area contributed by atoms with E-state index in [1.54, 1.807) is 24.3 Å². The molecule has 4 aromatic carbocycles. The van der Waals surface area contributed by atoms with E-state index in [2.05, 4.69) is 21.3 Å². The SMILES string of the molecule is CC(=O)Nc1nc2c(nc1CC1CCCCC1)-c1ccc(O)cc1CC2.CC(C)CC(=O)Nc1nc2c(nc1CC1CCCCC1)-c1ccc(O)cc1CC2.CCC(C)C(=O)Nc1nc2c(nc1CC1CCCCC1)-c1ccc(O)cc1CC2.O=C(CC1CCCCC1)Nc1nc2c(nc1CC1CCCCC1)-c1ccc(O)cc1CC2. The van der Waals surface area contributed by atoms with E-state index in [9.17, 15) is 39.6 Å². The van der Waals surface area contributed by atoms with Crippen molar-refractivity contribution in [3.05, 3.63) is 141 Å². The maximum Gasteiger partial charge on any atom is 0.228 e. The molecule has 0 saturated heterocycles. The van der Waals surface area contributed by atoms with Gasteiger partial charge < -0.3 is 41.7 Å². The molecule has 116 heavy (non-hydrogen) atoms. The lowest BCUT2D eigenvalue weighted by molar-refractivity contribution is -0.119. The standard InChI is InChI=1S/C27H35N3O2.2C24H31N3O2.C21H25N3O2/c31-21-12-13-22-20(17-21)11-14-23-26(22)28-24(15-18-7-3-1-4-8-18)27(29-23)30-25(32)16-19-9-5-2-6-10-19;1-15(2)12-22(29)27-24-21(13-16-6-4-3-5-7-16)25-23-19-10-9-18(28)14-17(19)8-11-20(23)26-24;1-3-15(2)24(29)27-23-21(13-16-7-5-4-6-8-16)25-22-19-11-10-18(28)14-17(19)9-12-20(22)26-23;1-13(25)22-21-19(11-14-5-3-2-4-6-14)23-20-17-9-8-16(26)12-15(17)7-10-18(20)24-21/h12-13,17-19,31H,1-11,14-16H2,(H,29,30,32);9-10,14-16,28H,3-8,11-13H2,1-2H3,(H,26,27,29);10-11,14-16,28H,3-9,12-13H2,1-2H3,(H,26,27,29);8-9,12,14,26H,2-7,10-11H2,1H3,(H,22,24,25). The van der Waals surface area contributed by atoms with Crippen LogP contribution in [-0.2, 0) is 96.2 Å². The van der Waals surface area contributed by atoms with Crippen molar-refractivity contribution < 1.29 is 39.6 Å². The first kappa shape index (κ1) is 82.8. The lowest BCUT2D eigenvalue weighted by atomic mass is 9.85. The van der Waals surface area contributed by atoms with Crippen LogP contribution in [-0.4, -0.2) is 83.9 Å². The van der Waals surface area contributed by atoms with E-state index in [4.69, 9.17) is 39.9 Å². The maximum absolute atomic E-state index is 12.9. The highest BCUT2D eigenvalue weighted by molar-refractivity contribution is 5.93. The summed E-state index contributed by atoms with van der Waals surface area (Å²) in [6.45, 7) is 9.59. The molecule has 4 aromatic heterocycles. The second-order valence-electron chi connectivity index (χ2n) is 35.3. The number of hydrogen-bond donors (Lipinski definition) is 8. The Morgan fingerprint density at radius 3 is 0.914 bits per heavy atom. The molecule has 9 aliphatic rings. The van der Waals surface area contributed by atoms with Crippen LogP contribution in [0.25, 0.3) is 45.0 Å². The minimum atomic E-state index is -0.106. The van der Waals surface area contributed by atoms with Crippen LogP contribution in [0.15, 0.2) is 72.8 Å². The lowest BCUT2D eigenvalue weighted by Gasteiger charge is -2.25. The molecule has 614 valence electrons. The molecular weight excluding hydrogens is 1450 g/mol. The summed E-state index contributed by atoms with van der Waals surface area (Å²) in [5, 5.41) is 51.6. The Morgan fingerprint density at radius 2 is 0.629 bits per heavy atom. The fourth-order valence-electron chi connectivity index (χ4n) is 19.3. The summed E-state index contributed by atoms with van der Waals surface area (Å²) < 4.78 is 0. The van der Waals surface area contributed by atoms with Crippen molar-refractivity contribution in [3.8, 4) is 68.0 Å². The maximum atomic E-state index is 12.9. The van der Waals surface area contributed by atoms with Gasteiger partial charge in [-0.1, -0.05) is 175 Å². The number of benzene rings is 4. The molecule has 5 saturated carbocycles. The fraction of sp³-hybridized carbons (Fsp3) is 0.542. The van der Waals surface area contributed by atoms with E-state index >= 15 is 0 Å². The molecule has 0 radical (unpaired) electrons. The number of fused-ring (bicyclic) bond motifs is 12. The van der Waals surface area contributed by atoms with Crippen LogP contribution in [0.4, 0.5) is 23.3 Å². The third-order valence-corrected chi connectivity index (χ3v) is 25.8. The van der Waals surface area contributed by atoms with Gasteiger partial charge in [0.25, 0.3) is 0 Å². The molecule has 0 spiro atoms. The number of carbonyl (C=O) groups is 4. The predicted molar refractivity (Wildman–Crippen MR) is 458 cm³/mol. The molecule has 20 nitrogen and oxygen atoms in total. The Balaban J connectivity index is 0.000000128. The molecule has 5 fully saturated rings. The number of carbonyl (C=O) groups excluding carboxylic acids is 4. The van der Waals surface area contributed by atoms with Gasteiger partial charge in [-0.05, 0) is 227 Å². The summed E-state index contributed by atoms with van der Waals surface area (Å²) >= 11 is 0. The third kappa shape index (κ3) is 21.3. The molecule has 0 bridgehead atoms. The van der Waals surface area contributed by atoms with Gasteiger partial charge in [-0.25, -0.2) is 39.9 Å². The largest absolute Gasteiger partial charge is 0.508 e. The van der Waals surface area contributed by atoms with Crippen LogP contribution in [0.2, 0.25) is 0 Å². The van der Waals surface area contributed by atoms with E-state index < -0.39 is 0 Å². The van der Waals surface area contributed by atoms with Gasteiger partial charge in [0, 0.05) is 47.9 Å². The van der Waals surface area contributed by atoms with Gasteiger partial charge in [-0.3, -0.25) is 19.2 Å². The first-order valence-corrected chi connectivity index (χ1v) is 44.4. The minimum absolute atomic E-state index is 0.0141. The normalized spacial score (nSPS) is 17.5. The Labute approximate surface area is 685 Å². The smallest absolute Gasteiger partial charge is 0.228 e. The molecule has 1 atom stereocenters. The number of hydrogen-bond acceptors (Lipinski definition) is 16. The highest BCUT2D eigenvalue weighted by Gasteiger charge is 2.32. The average Bonchev–Trinajstić information content (AvgIpc) is 0.787. The first-order valence-electron chi connectivity index (χ1n) is 44.4. The number of aromatic hydroxyl groups is 4. The number of nitrogens with one attached hydrogen (secondary N) is 4. The third-order valence-electron chi connectivity index (χ3n) is 25.8. The zero-order chi connectivity index (χ0) is 80.8. The highest BCUT2D eigenvalue weighted by Crippen LogP contribution is 2.43. The first-order chi connectivity index (χ1) is 56.3. The van der Waals surface area contributed by atoms with Gasteiger partial charge in [-0.15, -0.1) is 0 Å². The average molecular weight is 1570 g/mol. The van der Waals surface area contributed by atoms with E-state index in [1.165, 1.54) is 167 Å². The molecule has 8 aromatic rings. The number of phenolic OH excluding ortho intramolecular Hbond substituents is 4. The minimum Gasteiger partial charge on any atom is -0.508 e. The topological polar surface area (TPSA) is 300 Å². The van der Waals surface area contributed by atoms with Crippen LogP contribution in [0.5, 0.6) is 23.0 Å². The van der Waals surface area contributed by atoms with Gasteiger partial charge in [-0.2, -0.15) is 0 Å². The van der Waals surface area contributed by atoms with Crippen LogP contribution in [0.3, 0.4) is 0 Å². The van der Waals surface area contributed by atoms with Crippen LogP contribution in [0, 0.1) is 41.4 Å². The number of amides is 4. The van der Waals surface area contributed by atoms with E-state index in [-0.39, 0.29) is 35.3 Å². The molecule has 8 N–H and O–H groups in total. The highest BCUT2D eigenvalue weighted by atomic mass is 16.3. The quantitative estimate of drug-likeness (QED) is 0.0396. The monoisotopic (exact) mass is 1570 g/mol. The summed E-state index contributed by atoms with van der Waals surface area (Å²) in [5.41, 5.74) is 19.8. The Hall–Kier alpha value is -9.72.